The van der Waals surface area contributed by atoms with E-state index in [1.165, 1.54) is 16.8 Å². The predicted octanol–water partition coefficient (Wildman–Crippen LogP) is -1.41. The maximum absolute atomic E-state index is 11.6. The summed E-state index contributed by atoms with van der Waals surface area (Å²) in [4.78, 5) is 24.7. The third-order valence-electron chi connectivity index (χ3n) is 3.33. The lowest BCUT2D eigenvalue weighted by Gasteiger charge is -2.41. The molecule has 0 saturated carbocycles. The molecule has 0 aliphatic carbocycles. The fourth-order valence-electron chi connectivity index (χ4n) is 2.29. The van der Waals surface area contributed by atoms with E-state index in [1.54, 1.807) is 0 Å². The summed E-state index contributed by atoms with van der Waals surface area (Å²) >= 11 is 0. The molecule has 1 aromatic rings. The minimum absolute atomic E-state index is 0.133. The molecule has 17 heavy (non-hydrogen) atoms. The Kier molecular flexibility index (Phi) is 2.22. The van der Waals surface area contributed by atoms with Crippen LogP contribution < -0.4 is 11.2 Å². The van der Waals surface area contributed by atoms with Crippen molar-refractivity contribution in [3.63, 3.8) is 0 Å². The van der Waals surface area contributed by atoms with Crippen molar-refractivity contribution in [2.24, 2.45) is 0 Å². The van der Waals surface area contributed by atoms with Gasteiger partial charge in [0.15, 0.2) is 0 Å². The highest BCUT2D eigenvalue weighted by molar-refractivity contribution is 5.03. The van der Waals surface area contributed by atoms with E-state index in [-0.39, 0.29) is 12.7 Å². The van der Waals surface area contributed by atoms with Crippen LogP contribution in [-0.2, 0) is 9.47 Å². The van der Waals surface area contributed by atoms with E-state index < -0.39 is 23.1 Å². The van der Waals surface area contributed by atoms with Gasteiger partial charge in [0.1, 0.15) is 11.8 Å². The van der Waals surface area contributed by atoms with E-state index >= 15 is 0 Å². The third-order valence-corrected chi connectivity index (χ3v) is 3.33. The molecular weight excluding hydrogens is 228 g/mol. The smallest absolute Gasteiger partial charge is 0.330 e. The summed E-state index contributed by atoms with van der Waals surface area (Å²) in [6, 6.07) is 1.26. The van der Waals surface area contributed by atoms with Crippen LogP contribution in [0, 0.1) is 0 Å². The third kappa shape index (κ3) is 1.47. The van der Waals surface area contributed by atoms with E-state index in [1.807, 2.05) is 0 Å². The average molecular weight is 240 g/mol. The zero-order chi connectivity index (χ0) is 12.0. The summed E-state index contributed by atoms with van der Waals surface area (Å²) in [5, 5.41) is 9.27. The predicted molar refractivity (Wildman–Crippen MR) is 55.6 cm³/mol. The highest BCUT2D eigenvalue weighted by Gasteiger charge is 2.57. The molecule has 3 unspecified atom stereocenters. The number of H-pyrrole nitrogens is 1. The lowest BCUT2D eigenvalue weighted by molar-refractivity contribution is -0.242. The normalized spacial score (nSPS) is 35.4. The molecular formula is C10H12N2O5. The van der Waals surface area contributed by atoms with E-state index in [9.17, 15) is 14.7 Å². The number of aliphatic hydroxyl groups is 1. The molecule has 92 valence electrons. The SMILES string of the molecule is O=c1ccn(C2CC3OCC3(CO)O2)c(=O)[nH]1. The van der Waals surface area contributed by atoms with Crippen molar-refractivity contribution in [2.45, 2.75) is 24.4 Å². The van der Waals surface area contributed by atoms with Gasteiger partial charge in [0, 0.05) is 18.7 Å². The molecule has 0 aromatic carbocycles. The van der Waals surface area contributed by atoms with Crippen molar-refractivity contribution >= 4 is 0 Å². The van der Waals surface area contributed by atoms with Crippen LogP contribution in [0.5, 0.6) is 0 Å². The Hall–Kier alpha value is -1.44. The first-order chi connectivity index (χ1) is 8.14. The van der Waals surface area contributed by atoms with Crippen LogP contribution in [0.25, 0.3) is 0 Å². The summed E-state index contributed by atoms with van der Waals surface area (Å²) in [5.74, 6) is 0. The summed E-state index contributed by atoms with van der Waals surface area (Å²) in [7, 11) is 0. The van der Waals surface area contributed by atoms with Gasteiger partial charge in [0.25, 0.3) is 5.56 Å². The van der Waals surface area contributed by atoms with Gasteiger partial charge in [-0.1, -0.05) is 0 Å². The summed E-state index contributed by atoms with van der Waals surface area (Å²) in [6.07, 6.45) is 1.20. The molecule has 2 fully saturated rings. The van der Waals surface area contributed by atoms with Gasteiger partial charge in [0.05, 0.1) is 19.3 Å². The van der Waals surface area contributed by atoms with Crippen LogP contribution in [0.3, 0.4) is 0 Å². The first-order valence-electron chi connectivity index (χ1n) is 5.36. The maximum Gasteiger partial charge on any atom is 0.330 e. The van der Waals surface area contributed by atoms with Gasteiger partial charge < -0.3 is 14.6 Å². The van der Waals surface area contributed by atoms with Gasteiger partial charge in [-0.3, -0.25) is 14.3 Å². The zero-order valence-corrected chi connectivity index (χ0v) is 8.96. The number of fused-ring (bicyclic) bond motifs is 1. The van der Waals surface area contributed by atoms with Crippen molar-refractivity contribution in [3.8, 4) is 0 Å². The number of rotatable bonds is 2. The first kappa shape index (κ1) is 10.7. The van der Waals surface area contributed by atoms with Gasteiger partial charge in [-0.2, -0.15) is 0 Å². The topological polar surface area (TPSA) is 93.5 Å². The van der Waals surface area contributed by atoms with Crippen molar-refractivity contribution in [2.75, 3.05) is 13.2 Å². The number of hydrogen-bond acceptors (Lipinski definition) is 5. The van der Waals surface area contributed by atoms with Crippen LogP contribution in [0.4, 0.5) is 0 Å². The number of nitrogens with zero attached hydrogens (tertiary/aromatic N) is 1. The van der Waals surface area contributed by atoms with Gasteiger partial charge in [0.2, 0.25) is 0 Å². The van der Waals surface area contributed by atoms with Gasteiger partial charge in [-0.15, -0.1) is 0 Å². The van der Waals surface area contributed by atoms with Gasteiger partial charge in [-0.25, -0.2) is 4.79 Å². The van der Waals surface area contributed by atoms with Crippen molar-refractivity contribution < 1.29 is 14.6 Å². The lowest BCUT2D eigenvalue weighted by atomic mass is 9.93. The monoisotopic (exact) mass is 240 g/mol. The Balaban J connectivity index is 1.92. The van der Waals surface area contributed by atoms with Crippen LogP contribution in [0.2, 0.25) is 0 Å². The highest BCUT2D eigenvalue weighted by Crippen LogP contribution is 2.44. The minimum Gasteiger partial charge on any atom is -0.393 e. The molecule has 3 rings (SSSR count). The molecule has 7 heteroatoms. The van der Waals surface area contributed by atoms with Crippen LogP contribution >= 0.6 is 0 Å². The molecule has 0 spiro atoms. The quantitative estimate of drug-likeness (QED) is 0.662. The Bertz CT molecular complexity index is 546. The van der Waals surface area contributed by atoms with E-state index in [0.717, 1.165) is 0 Å². The standard InChI is InChI=1S/C10H12N2O5/c13-4-10-5-16-6(10)3-8(17-10)12-2-1-7(14)11-9(12)15/h1-2,6,8,13H,3-5H2,(H,11,14,15). The summed E-state index contributed by atoms with van der Waals surface area (Å²) in [5.41, 5.74) is -1.64. The molecule has 0 bridgehead atoms. The second-order valence-corrected chi connectivity index (χ2v) is 4.35. The van der Waals surface area contributed by atoms with E-state index in [0.29, 0.717) is 13.0 Å². The number of nitrogens with one attached hydrogen (secondary N) is 1. The minimum atomic E-state index is -0.680. The molecule has 3 heterocycles. The second-order valence-electron chi connectivity index (χ2n) is 4.35. The van der Waals surface area contributed by atoms with Gasteiger partial charge >= 0.3 is 5.69 Å². The molecule has 0 amide bonds. The average Bonchev–Trinajstić information content (AvgIpc) is 2.52. The first-order valence-corrected chi connectivity index (χ1v) is 5.36. The Labute approximate surface area is 95.6 Å². The number of aromatic nitrogens is 2. The molecule has 0 radical (unpaired) electrons. The Morgan fingerprint density at radius 1 is 1.59 bits per heavy atom. The van der Waals surface area contributed by atoms with Crippen LogP contribution in [0.1, 0.15) is 12.6 Å². The lowest BCUT2D eigenvalue weighted by Crippen LogP contribution is -2.58. The van der Waals surface area contributed by atoms with Crippen molar-refractivity contribution in [1.82, 2.24) is 9.55 Å². The molecule has 1 aromatic heterocycles. The Morgan fingerprint density at radius 3 is 2.94 bits per heavy atom. The molecule has 7 nitrogen and oxygen atoms in total. The number of hydrogen-bond donors (Lipinski definition) is 2. The number of ether oxygens (including phenoxy) is 2. The second kappa shape index (κ2) is 3.52. The molecule has 3 atom stereocenters. The number of aliphatic hydroxyl groups excluding tert-OH is 1. The molecule has 2 aliphatic heterocycles. The van der Waals surface area contributed by atoms with Crippen LogP contribution in [-0.4, -0.2) is 39.6 Å². The maximum atomic E-state index is 11.6. The molecule has 2 aliphatic rings. The number of aromatic amines is 1. The van der Waals surface area contributed by atoms with Crippen LogP contribution in [0.15, 0.2) is 21.9 Å². The van der Waals surface area contributed by atoms with Crippen molar-refractivity contribution in [1.29, 1.82) is 0 Å². The summed E-state index contributed by atoms with van der Waals surface area (Å²) in [6.45, 7) is 0.203. The molecule has 2 saturated heterocycles. The van der Waals surface area contributed by atoms with E-state index in [2.05, 4.69) is 4.98 Å². The largest absolute Gasteiger partial charge is 0.393 e. The Morgan fingerprint density at radius 2 is 2.41 bits per heavy atom. The van der Waals surface area contributed by atoms with Crippen molar-refractivity contribution in [3.05, 3.63) is 33.1 Å². The highest BCUT2D eigenvalue weighted by atomic mass is 16.6. The summed E-state index contributed by atoms with van der Waals surface area (Å²) < 4.78 is 12.3. The fourth-order valence-corrected chi connectivity index (χ4v) is 2.29. The zero-order valence-electron chi connectivity index (χ0n) is 8.96. The van der Waals surface area contributed by atoms with Gasteiger partial charge in [-0.05, 0) is 0 Å². The molecule has 2 N–H and O–H groups in total. The fraction of sp³-hybridized carbons (Fsp3) is 0.600. The van der Waals surface area contributed by atoms with E-state index in [4.69, 9.17) is 9.47 Å².